The molecule has 36 heavy (non-hydrogen) atoms. The van der Waals surface area contributed by atoms with Crippen LogP contribution in [0.5, 0.6) is 0 Å². The van der Waals surface area contributed by atoms with Gasteiger partial charge in [-0.15, -0.1) is 12.4 Å². The van der Waals surface area contributed by atoms with Crippen LogP contribution >= 0.6 is 24.0 Å². The summed E-state index contributed by atoms with van der Waals surface area (Å²) in [6.45, 7) is 3.85. The summed E-state index contributed by atoms with van der Waals surface area (Å²) in [7, 11) is 0. The number of benzene rings is 1. The van der Waals surface area contributed by atoms with Crippen LogP contribution in [0.3, 0.4) is 0 Å². The van der Waals surface area contributed by atoms with E-state index in [1.165, 1.54) is 20.0 Å². The van der Waals surface area contributed by atoms with Crippen LogP contribution in [0.15, 0.2) is 17.1 Å². The van der Waals surface area contributed by atoms with Crippen LogP contribution in [0, 0.1) is 11.7 Å². The first-order valence-electron chi connectivity index (χ1n) is 11.6. The predicted octanol–water partition coefficient (Wildman–Crippen LogP) is 3.01. The minimum Gasteiger partial charge on any atom is -0.465 e. The van der Waals surface area contributed by atoms with E-state index in [2.05, 4.69) is 0 Å². The molecule has 2 fully saturated rings. The Morgan fingerprint density at radius 3 is 2.28 bits per heavy atom. The summed E-state index contributed by atoms with van der Waals surface area (Å²) in [6, 6.07) is 0.877. The average Bonchev–Trinajstić information content (AvgIpc) is 3.56. The number of pyridine rings is 1. The largest absolute Gasteiger partial charge is 0.465 e. The van der Waals surface area contributed by atoms with Gasteiger partial charge in [0.2, 0.25) is 5.92 Å². The van der Waals surface area contributed by atoms with Crippen molar-refractivity contribution < 1.29 is 28.2 Å². The Hall–Kier alpha value is -2.69. The molecule has 2 aromatic rings. The van der Waals surface area contributed by atoms with Crippen LogP contribution in [-0.4, -0.2) is 54.6 Å². The zero-order valence-corrected chi connectivity index (χ0v) is 21.5. The third-order valence-corrected chi connectivity index (χ3v) is 6.60. The van der Waals surface area contributed by atoms with E-state index in [1.54, 1.807) is 9.47 Å². The maximum Gasteiger partial charge on any atom is 0.328 e. The van der Waals surface area contributed by atoms with Crippen molar-refractivity contribution in [1.29, 1.82) is 0 Å². The lowest BCUT2D eigenvalue weighted by molar-refractivity contribution is -0.158. The summed E-state index contributed by atoms with van der Waals surface area (Å²) < 4.78 is 26.7. The summed E-state index contributed by atoms with van der Waals surface area (Å²) in [5, 5.41) is -0.0478. The number of carbonyl (C=O) groups excluding carboxylic acids is 3. The van der Waals surface area contributed by atoms with Gasteiger partial charge in [-0.2, -0.15) is 0 Å². The number of hydrogen-bond donors (Lipinski definition) is 1. The molecule has 2 N–H and O–H groups in total. The lowest BCUT2D eigenvalue weighted by atomic mass is 9.96. The van der Waals surface area contributed by atoms with Crippen LogP contribution in [0.2, 0.25) is 5.02 Å². The number of esters is 2. The summed E-state index contributed by atoms with van der Waals surface area (Å²) in [5.41, 5.74) is 5.19. The zero-order chi connectivity index (χ0) is 25.4. The highest BCUT2D eigenvalue weighted by atomic mass is 35.5. The number of halogens is 3. The lowest BCUT2D eigenvalue weighted by Gasteiger charge is -2.23. The lowest BCUT2D eigenvalue weighted by Crippen LogP contribution is -2.37. The molecule has 1 saturated carbocycles. The summed E-state index contributed by atoms with van der Waals surface area (Å²) in [5.74, 6) is -5.96. The molecule has 1 aromatic carbocycles. The number of hydrogen-bond acceptors (Lipinski definition) is 8. The fourth-order valence-corrected chi connectivity index (χ4v) is 4.85. The number of nitrogens with zero attached hydrogens (tertiary/aromatic N) is 2. The molecule has 1 aliphatic heterocycles. The van der Waals surface area contributed by atoms with Crippen molar-refractivity contribution in [3.05, 3.63) is 38.9 Å². The molecule has 1 unspecified atom stereocenters. The summed E-state index contributed by atoms with van der Waals surface area (Å²) in [4.78, 5) is 53.4. The third kappa shape index (κ3) is 5.07. The van der Waals surface area contributed by atoms with Gasteiger partial charge in [0.1, 0.15) is 5.82 Å². The van der Waals surface area contributed by atoms with Crippen molar-refractivity contribution in [3.63, 3.8) is 0 Å². The average molecular weight is 544 g/mol. The Morgan fingerprint density at radius 2 is 1.78 bits per heavy atom. The molecule has 4 rings (SSSR count). The molecule has 2 heterocycles. The van der Waals surface area contributed by atoms with E-state index in [1.807, 2.05) is 0 Å². The number of ketones is 1. The highest BCUT2D eigenvalue weighted by molar-refractivity contribution is 6.38. The van der Waals surface area contributed by atoms with Gasteiger partial charge in [0.25, 0.3) is 0 Å². The Labute approximate surface area is 218 Å². The second-order valence-electron chi connectivity index (χ2n) is 8.72. The van der Waals surface area contributed by atoms with Gasteiger partial charge >= 0.3 is 11.9 Å². The highest BCUT2D eigenvalue weighted by Gasteiger charge is 2.40. The van der Waals surface area contributed by atoms with Crippen LogP contribution in [0.1, 0.15) is 49.5 Å². The van der Waals surface area contributed by atoms with Gasteiger partial charge in [0, 0.05) is 31.4 Å². The van der Waals surface area contributed by atoms with Gasteiger partial charge in [0.05, 0.1) is 40.4 Å². The van der Waals surface area contributed by atoms with Crippen molar-refractivity contribution in [3.8, 4) is 0 Å². The minimum absolute atomic E-state index is 0. The molecule has 1 aromatic heterocycles. The number of aromatic nitrogens is 1. The number of nitrogens with two attached hydrogens (primary N) is 1. The molecular formula is C24H28Cl2FN3O6. The number of carbonyl (C=O) groups is 3. The second-order valence-corrected chi connectivity index (χ2v) is 9.10. The molecule has 0 spiro atoms. The first-order chi connectivity index (χ1) is 16.7. The predicted molar refractivity (Wildman–Crippen MR) is 135 cm³/mol. The topological polar surface area (TPSA) is 121 Å². The van der Waals surface area contributed by atoms with Gasteiger partial charge in [-0.1, -0.05) is 11.6 Å². The van der Waals surface area contributed by atoms with E-state index in [4.69, 9.17) is 26.8 Å². The fourth-order valence-electron chi connectivity index (χ4n) is 4.44. The first-order valence-corrected chi connectivity index (χ1v) is 12.0. The maximum absolute atomic E-state index is 15.3. The molecule has 1 aliphatic carbocycles. The molecule has 196 valence electrons. The van der Waals surface area contributed by atoms with Gasteiger partial charge in [-0.3, -0.25) is 19.2 Å². The smallest absolute Gasteiger partial charge is 0.328 e. The minimum atomic E-state index is -1.96. The Bertz CT molecular complexity index is 1240. The van der Waals surface area contributed by atoms with E-state index in [-0.39, 0.29) is 53.8 Å². The molecule has 0 amide bonds. The number of anilines is 1. The van der Waals surface area contributed by atoms with Crippen molar-refractivity contribution in [2.75, 3.05) is 31.2 Å². The monoisotopic (exact) mass is 543 g/mol. The Balaban J connectivity index is 0.00000361. The van der Waals surface area contributed by atoms with Crippen molar-refractivity contribution in [2.45, 2.75) is 45.2 Å². The standard InChI is InChI=1S/C24H27ClFN3O6.ClH/c1-3-34-23(32)17(24(33)35-4-2)22(31)15-11-29(13-5-6-13)19-14(21(15)30)9-16(26)20(18(19)25)28-8-7-12(27)10-28;/h9,11-13,17H,3-8,10,27H2,1-2H3;1H. The highest BCUT2D eigenvalue weighted by Crippen LogP contribution is 2.42. The van der Waals surface area contributed by atoms with E-state index >= 15 is 4.39 Å². The third-order valence-electron chi connectivity index (χ3n) is 6.24. The van der Waals surface area contributed by atoms with Crippen LogP contribution in [0.25, 0.3) is 10.9 Å². The van der Waals surface area contributed by atoms with Crippen molar-refractivity contribution in [2.24, 2.45) is 11.7 Å². The SMILES string of the molecule is CCOC(=O)C(C(=O)OCC)C(=O)c1cn(C2CC2)c2c(Cl)c(N3CCC(N)C3)c(F)cc2c1=O.Cl. The van der Waals surface area contributed by atoms with Crippen molar-refractivity contribution in [1.82, 2.24) is 4.57 Å². The molecule has 12 heteroatoms. The van der Waals surface area contributed by atoms with Gasteiger partial charge in [0.15, 0.2) is 11.2 Å². The van der Waals surface area contributed by atoms with Crippen LogP contribution in [-0.2, 0) is 19.1 Å². The first kappa shape index (κ1) is 27.9. The quantitative estimate of drug-likeness (QED) is 0.306. The zero-order valence-electron chi connectivity index (χ0n) is 19.9. The van der Waals surface area contributed by atoms with E-state index < -0.39 is 40.4 Å². The van der Waals surface area contributed by atoms with Crippen molar-refractivity contribution >= 4 is 58.3 Å². The Morgan fingerprint density at radius 1 is 1.17 bits per heavy atom. The number of fused-ring (bicyclic) bond motifs is 1. The van der Waals surface area contributed by atoms with E-state index in [9.17, 15) is 19.2 Å². The maximum atomic E-state index is 15.3. The number of ether oxygens (including phenoxy) is 2. The van der Waals surface area contributed by atoms with Crippen LogP contribution < -0.4 is 16.1 Å². The second kappa shape index (κ2) is 11.1. The van der Waals surface area contributed by atoms with Gasteiger partial charge in [-0.05, 0) is 39.2 Å². The molecular weight excluding hydrogens is 516 g/mol. The molecule has 1 saturated heterocycles. The molecule has 2 aliphatic rings. The Kier molecular flexibility index (Phi) is 8.63. The van der Waals surface area contributed by atoms with Gasteiger partial charge in [-0.25, -0.2) is 4.39 Å². The van der Waals surface area contributed by atoms with E-state index in [0.29, 0.717) is 25.0 Å². The summed E-state index contributed by atoms with van der Waals surface area (Å²) >= 11 is 6.69. The van der Waals surface area contributed by atoms with E-state index in [0.717, 1.165) is 18.9 Å². The molecule has 9 nitrogen and oxygen atoms in total. The number of rotatable bonds is 8. The van der Waals surface area contributed by atoms with Gasteiger partial charge < -0.3 is 24.7 Å². The number of Topliss-reactive ketones (excluding diaryl/α,β-unsaturated/α-hetero) is 1. The summed E-state index contributed by atoms with van der Waals surface area (Å²) in [6.07, 6.45) is 3.52. The molecule has 0 bridgehead atoms. The molecule has 1 atom stereocenters. The normalized spacial score (nSPS) is 17.3. The fraction of sp³-hybridized carbons (Fsp3) is 0.500. The molecule has 0 radical (unpaired) electrons. The van der Waals surface area contributed by atoms with Crippen LogP contribution in [0.4, 0.5) is 10.1 Å².